The predicted molar refractivity (Wildman–Crippen MR) is 97.1 cm³/mol. The Morgan fingerprint density at radius 2 is 2.04 bits per heavy atom. The first-order chi connectivity index (χ1) is 12.2. The highest BCUT2D eigenvalue weighted by Crippen LogP contribution is 2.29. The number of ether oxygens (including phenoxy) is 1. The summed E-state index contributed by atoms with van der Waals surface area (Å²) >= 11 is 0. The van der Waals surface area contributed by atoms with Crippen molar-refractivity contribution in [1.82, 2.24) is 14.5 Å². The van der Waals surface area contributed by atoms with Gasteiger partial charge in [-0.3, -0.25) is 4.90 Å². The third kappa shape index (κ3) is 3.48. The van der Waals surface area contributed by atoms with Gasteiger partial charge in [-0.25, -0.2) is 4.98 Å². The monoisotopic (exact) mass is 339 g/mol. The first-order valence-corrected chi connectivity index (χ1v) is 9.00. The van der Waals surface area contributed by atoms with Crippen LogP contribution in [0.3, 0.4) is 0 Å². The van der Waals surface area contributed by atoms with Crippen LogP contribution in [0.1, 0.15) is 42.7 Å². The molecule has 0 amide bonds. The van der Waals surface area contributed by atoms with Crippen molar-refractivity contribution >= 4 is 11.0 Å². The molecule has 1 aliphatic rings. The number of hydrogen-bond acceptors (Lipinski definition) is 4. The van der Waals surface area contributed by atoms with E-state index in [-0.39, 0.29) is 6.10 Å². The Morgan fingerprint density at radius 3 is 2.84 bits per heavy atom. The normalized spacial score (nSPS) is 18.3. The van der Waals surface area contributed by atoms with Crippen molar-refractivity contribution in [2.75, 3.05) is 13.7 Å². The van der Waals surface area contributed by atoms with Crippen LogP contribution in [0.5, 0.6) is 0 Å². The van der Waals surface area contributed by atoms with Gasteiger partial charge in [-0.2, -0.15) is 0 Å². The number of aromatic nitrogens is 2. The van der Waals surface area contributed by atoms with Crippen molar-refractivity contribution in [2.45, 2.75) is 38.5 Å². The van der Waals surface area contributed by atoms with Crippen molar-refractivity contribution in [3.8, 4) is 0 Å². The largest absolute Gasteiger partial charge is 0.462 e. The number of aryl methyl sites for hydroxylation is 1. The van der Waals surface area contributed by atoms with Crippen LogP contribution >= 0.6 is 0 Å². The molecule has 5 nitrogen and oxygen atoms in total. The van der Waals surface area contributed by atoms with Gasteiger partial charge in [0.15, 0.2) is 0 Å². The van der Waals surface area contributed by atoms with Gasteiger partial charge < -0.3 is 13.7 Å². The van der Waals surface area contributed by atoms with Crippen LogP contribution < -0.4 is 0 Å². The first kappa shape index (κ1) is 16.4. The molecule has 4 rings (SSSR count). The topological polar surface area (TPSA) is 43.4 Å². The lowest BCUT2D eigenvalue weighted by Gasteiger charge is -2.20. The van der Waals surface area contributed by atoms with Gasteiger partial charge in [0.2, 0.25) is 0 Å². The standard InChI is InChI=1S/C20H25N3O2/c1-22(14-20-21-16-7-3-4-8-17(16)23(20)2)13-15-10-11-19(25-15)18-9-5-6-12-24-18/h3-4,7-8,10-11,18H,5-6,9,12-14H2,1-2H3. The number of fused-ring (bicyclic) bond motifs is 1. The molecule has 3 aromatic rings. The Kier molecular flexibility index (Phi) is 4.59. The van der Waals surface area contributed by atoms with E-state index in [0.717, 1.165) is 55.4 Å². The van der Waals surface area contributed by atoms with Crippen LogP contribution in [0.2, 0.25) is 0 Å². The number of furan rings is 1. The molecule has 0 aliphatic carbocycles. The molecule has 132 valence electrons. The Labute approximate surface area is 148 Å². The molecule has 0 saturated carbocycles. The molecule has 3 heterocycles. The minimum absolute atomic E-state index is 0.132. The molecular weight excluding hydrogens is 314 g/mol. The SMILES string of the molecule is CN(Cc1ccc(C2CCCCO2)o1)Cc1nc2ccccc2n1C. The third-order valence-electron chi connectivity index (χ3n) is 4.90. The predicted octanol–water partition coefficient (Wildman–Crippen LogP) is 4.04. The second kappa shape index (κ2) is 7.02. The van der Waals surface area contributed by atoms with Crippen LogP contribution in [0, 0.1) is 0 Å². The van der Waals surface area contributed by atoms with E-state index in [4.69, 9.17) is 14.1 Å². The van der Waals surface area contributed by atoms with Crippen molar-refractivity contribution in [1.29, 1.82) is 0 Å². The van der Waals surface area contributed by atoms with Gasteiger partial charge >= 0.3 is 0 Å². The first-order valence-electron chi connectivity index (χ1n) is 9.00. The van der Waals surface area contributed by atoms with Crippen LogP contribution in [-0.4, -0.2) is 28.1 Å². The van der Waals surface area contributed by atoms with Gasteiger partial charge in [0.1, 0.15) is 23.4 Å². The number of rotatable bonds is 5. The molecule has 2 aromatic heterocycles. The van der Waals surface area contributed by atoms with Crippen molar-refractivity contribution in [3.63, 3.8) is 0 Å². The fourth-order valence-electron chi connectivity index (χ4n) is 3.52. The fraction of sp³-hybridized carbons (Fsp3) is 0.450. The number of para-hydroxylation sites is 2. The van der Waals surface area contributed by atoms with E-state index in [2.05, 4.69) is 53.9 Å². The number of hydrogen-bond donors (Lipinski definition) is 0. The number of benzene rings is 1. The summed E-state index contributed by atoms with van der Waals surface area (Å²) in [5.74, 6) is 3.00. The third-order valence-corrected chi connectivity index (χ3v) is 4.90. The van der Waals surface area contributed by atoms with Crippen molar-refractivity contribution in [2.24, 2.45) is 7.05 Å². The Bertz CT molecular complexity index is 846. The molecule has 0 N–H and O–H groups in total. The Hall–Kier alpha value is -2.11. The van der Waals surface area contributed by atoms with Crippen molar-refractivity contribution in [3.05, 3.63) is 53.7 Å². The van der Waals surface area contributed by atoms with E-state index in [1.54, 1.807) is 0 Å². The summed E-state index contributed by atoms with van der Waals surface area (Å²) < 4.78 is 14.0. The van der Waals surface area contributed by atoms with Crippen LogP contribution in [0.4, 0.5) is 0 Å². The summed E-state index contributed by atoms with van der Waals surface area (Å²) in [4.78, 5) is 6.97. The minimum Gasteiger partial charge on any atom is -0.462 e. The summed E-state index contributed by atoms with van der Waals surface area (Å²) in [5.41, 5.74) is 2.21. The quantitative estimate of drug-likeness (QED) is 0.704. The molecule has 1 aliphatic heterocycles. The highest BCUT2D eigenvalue weighted by molar-refractivity contribution is 5.75. The summed E-state index contributed by atoms with van der Waals surface area (Å²) in [5, 5.41) is 0. The van der Waals surface area contributed by atoms with E-state index in [9.17, 15) is 0 Å². The van der Waals surface area contributed by atoms with E-state index in [0.29, 0.717) is 0 Å². The second-order valence-electron chi connectivity index (χ2n) is 6.91. The summed E-state index contributed by atoms with van der Waals surface area (Å²) in [6.45, 7) is 2.38. The highest BCUT2D eigenvalue weighted by atomic mass is 16.5. The molecule has 1 aromatic carbocycles. The van der Waals surface area contributed by atoms with Gasteiger partial charge in [0.25, 0.3) is 0 Å². The molecule has 0 bridgehead atoms. The molecule has 0 radical (unpaired) electrons. The minimum atomic E-state index is 0.132. The van der Waals surface area contributed by atoms with Crippen LogP contribution in [0.15, 0.2) is 40.8 Å². The maximum Gasteiger partial charge on any atom is 0.133 e. The molecule has 25 heavy (non-hydrogen) atoms. The molecule has 0 spiro atoms. The summed E-state index contributed by atoms with van der Waals surface area (Å²) in [6.07, 6.45) is 3.56. The molecule has 1 fully saturated rings. The zero-order valence-electron chi connectivity index (χ0n) is 14.9. The fourth-order valence-corrected chi connectivity index (χ4v) is 3.52. The summed E-state index contributed by atoms with van der Waals surface area (Å²) in [7, 11) is 4.17. The van der Waals surface area contributed by atoms with Gasteiger partial charge in [0.05, 0.1) is 24.1 Å². The maximum atomic E-state index is 6.03. The molecule has 1 unspecified atom stereocenters. The van der Waals surface area contributed by atoms with Gasteiger partial charge in [0, 0.05) is 13.7 Å². The van der Waals surface area contributed by atoms with E-state index in [1.165, 1.54) is 11.9 Å². The molecular formula is C20H25N3O2. The average molecular weight is 339 g/mol. The van der Waals surface area contributed by atoms with E-state index < -0.39 is 0 Å². The second-order valence-corrected chi connectivity index (χ2v) is 6.91. The zero-order valence-corrected chi connectivity index (χ0v) is 14.9. The maximum absolute atomic E-state index is 6.03. The Balaban J connectivity index is 1.42. The lowest BCUT2D eigenvalue weighted by Crippen LogP contribution is -2.19. The van der Waals surface area contributed by atoms with Gasteiger partial charge in [-0.15, -0.1) is 0 Å². The lowest BCUT2D eigenvalue weighted by atomic mass is 10.1. The smallest absolute Gasteiger partial charge is 0.133 e. The lowest BCUT2D eigenvalue weighted by molar-refractivity contribution is 0.000899. The zero-order chi connectivity index (χ0) is 17.2. The highest BCUT2D eigenvalue weighted by Gasteiger charge is 2.20. The van der Waals surface area contributed by atoms with Gasteiger partial charge in [-0.1, -0.05) is 12.1 Å². The van der Waals surface area contributed by atoms with E-state index >= 15 is 0 Å². The van der Waals surface area contributed by atoms with Crippen LogP contribution in [-0.2, 0) is 24.9 Å². The average Bonchev–Trinajstić information content (AvgIpc) is 3.21. The van der Waals surface area contributed by atoms with Crippen molar-refractivity contribution < 1.29 is 9.15 Å². The molecule has 1 saturated heterocycles. The van der Waals surface area contributed by atoms with Crippen LogP contribution in [0.25, 0.3) is 11.0 Å². The molecule has 5 heteroatoms. The number of imidazole rings is 1. The summed E-state index contributed by atoms with van der Waals surface area (Å²) in [6, 6.07) is 12.4. The Morgan fingerprint density at radius 1 is 1.16 bits per heavy atom. The van der Waals surface area contributed by atoms with E-state index in [1.807, 2.05) is 6.07 Å². The van der Waals surface area contributed by atoms with Gasteiger partial charge in [-0.05, 0) is 50.6 Å². The number of nitrogens with zero attached hydrogens (tertiary/aromatic N) is 3. The molecule has 1 atom stereocenters.